The summed E-state index contributed by atoms with van der Waals surface area (Å²) in [5.41, 5.74) is 8.05. The molecule has 1 aliphatic rings. The third kappa shape index (κ3) is 4.46. The predicted octanol–water partition coefficient (Wildman–Crippen LogP) is 2.43. The molecule has 0 atom stereocenters. The number of benzene rings is 1. The lowest BCUT2D eigenvalue weighted by atomic mass is 9.99. The van der Waals surface area contributed by atoms with E-state index in [2.05, 4.69) is 17.1 Å². The van der Waals surface area contributed by atoms with E-state index in [1.807, 2.05) is 25.1 Å². The van der Waals surface area contributed by atoms with Crippen LogP contribution in [0.1, 0.15) is 42.1 Å². The Morgan fingerprint density at radius 1 is 1.38 bits per heavy atom. The van der Waals surface area contributed by atoms with E-state index in [4.69, 9.17) is 5.73 Å². The summed E-state index contributed by atoms with van der Waals surface area (Å²) in [7, 11) is 0. The van der Waals surface area contributed by atoms with E-state index >= 15 is 0 Å². The minimum Gasteiger partial charge on any atom is -0.398 e. The molecule has 2 rings (SSSR count). The van der Waals surface area contributed by atoms with Gasteiger partial charge in [0.15, 0.2) is 0 Å². The number of carbonyl (C=O) groups is 1. The molecule has 0 aliphatic carbocycles. The lowest BCUT2D eigenvalue weighted by Gasteiger charge is -2.30. The molecule has 1 amide bonds. The van der Waals surface area contributed by atoms with Crippen molar-refractivity contribution in [2.24, 2.45) is 5.92 Å². The average Bonchev–Trinajstić information content (AvgIpc) is 2.48. The normalized spacial score (nSPS) is 16.9. The van der Waals surface area contributed by atoms with Crippen molar-refractivity contribution >= 4 is 11.6 Å². The Balaban J connectivity index is 1.71. The molecule has 116 valence electrons. The fourth-order valence-electron chi connectivity index (χ4n) is 2.78. The van der Waals surface area contributed by atoms with Crippen molar-refractivity contribution in [1.82, 2.24) is 10.2 Å². The third-order valence-corrected chi connectivity index (χ3v) is 4.43. The molecule has 0 spiro atoms. The lowest BCUT2D eigenvalue weighted by molar-refractivity contribution is 0.0950. The van der Waals surface area contributed by atoms with Crippen molar-refractivity contribution in [1.29, 1.82) is 0 Å². The van der Waals surface area contributed by atoms with Crippen LogP contribution in [0, 0.1) is 12.8 Å². The molecule has 21 heavy (non-hydrogen) atoms. The average molecular weight is 289 g/mol. The van der Waals surface area contributed by atoms with Crippen LogP contribution in [-0.2, 0) is 0 Å². The van der Waals surface area contributed by atoms with Crippen LogP contribution in [0.15, 0.2) is 18.2 Å². The van der Waals surface area contributed by atoms with Crippen molar-refractivity contribution in [3.8, 4) is 0 Å². The van der Waals surface area contributed by atoms with E-state index in [9.17, 15) is 4.79 Å². The number of nitrogens with two attached hydrogens (primary N) is 1. The number of carbonyl (C=O) groups excluding carboxylic acids is 1. The molecule has 1 aromatic carbocycles. The van der Waals surface area contributed by atoms with Gasteiger partial charge in [-0.1, -0.05) is 13.0 Å². The first-order valence-corrected chi connectivity index (χ1v) is 7.93. The fraction of sp³-hybridized carbons (Fsp3) is 0.588. The van der Waals surface area contributed by atoms with Gasteiger partial charge in [0.25, 0.3) is 5.91 Å². The van der Waals surface area contributed by atoms with E-state index in [-0.39, 0.29) is 5.91 Å². The zero-order chi connectivity index (χ0) is 15.2. The Kier molecular flexibility index (Phi) is 5.62. The Hall–Kier alpha value is -1.55. The van der Waals surface area contributed by atoms with Crippen LogP contribution in [-0.4, -0.2) is 37.0 Å². The second-order valence-corrected chi connectivity index (χ2v) is 6.15. The van der Waals surface area contributed by atoms with Crippen molar-refractivity contribution in [2.45, 2.75) is 33.1 Å². The Labute approximate surface area is 127 Å². The Morgan fingerprint density at radius 3 is 2.81 bits per heavy atom. The second-order valence-electron chi connectivity index (χ2n) is 6.15. The van der Waals surface area contributed by atoms with Crippen molar-refractivity contribution in [2.75, 3.05) is 31.9 Å². The molecule has 0 radical (unpaired) electrons. The molecule has 3 N–H and O–H groups in total. The molecule has 0 saturated carbocycles. The van der Waals surface area contributed by atoms with Crippen LogP contribution in [0.2, 0.25) is 0 Å². The second kappa shape index (κ2) is 7.46. The number of nitrogens with one attached hydrogen (secondary N) is 1. The van der Waals surface area contributed by atoms with Crippen molar-refractivity contribution < 1.29 is 4.79 Å². The van der Waals surface area contributed by atoms with Crippen LogP contribution >= 0.6 is 0 Å². The topological polar surface area (TPSA) is 58.4 Å². The molecule has 1 aromatic rings. The highest BCUT2D eigenvalue weighted by molar-refractivity contribution is 5.96. The van der Waals surface area contributed by atoms with E-state index in [1.54, 1.807) is 0 Å². The van der Waals surface area contributed by atoms with E-state index in [1.165, 1.54) is 25.9 Å². The highest BCUT2D eigenvalue weighted by Gasteiger charge is 2.15. The van der Waals surface area contributed by atoms with Gasteiger partial charge < -0.3 is 16.0 Å². The Morgan fingerprint density at radius 2 is 2.10 bits per heavy atom. The third-order valence-electron chi connectivity index (χ3n) is 4.43. The lowest BCUT2D eigenvalue weighted by Crippen LogP contribution is -2.35. The Bertz CT molecular complexity index is 479. The van der Waals surface area contributed by atoms with E-state index in [0.717, 1.165) is 31.0 Å². The van der Waals surface area contributed by atoms with Crippen LogP contribution in [0.4, 0.5) is 5.69 Å². The highest BCUT2D eigenvalue weighted by Crippen LogP contribution is 2.16. The number of likely N-dealkylation sites (tertiary alicyclic amines) is 1. The highest BCUT2D eigenvalue weighted by atomic mass is 16.1. The molecule has 0 bridgehead atoms. The maximum Gasteiger partial charge on any atom is 0.251 e. The first-order chi connectivity index (χ1) is 10.1. The maximum absolute atomic E-state index is 12.1. The van der Waals surface area contributed by atoms with Gasteiger partial charge in [0, 0.05) is 17.8 Å². The van der Waals surface area contributed by atoms with Gasteiger partial charge in [-0.15, -0.1) is 0 Å². The molecule has 1 aliphatic heterocycles. The monoisotopic (exact) mass is 289 g/mol. The minimum atomic E-state index is -0.0212. The predicted molar refractivity (Wildman–Crippen MR) is 87.4 cm³/mol. The van der Waals surface area contributed by atoms with Crippen molar-refractivity contribution in [3.05, 3.63) is 29.3 Å². The number of rotatable bonds is 5. The summed E-state index contributed by atoms with van der Waals surface area (Å²) in [5.74, 6) is 0.847. The van der Waals surface area contributed by atoms with Crippen LogP contribution < -0.4 is 11.1 Å². The van der Waals surface area contributed by atoms with Crippen LogP contribution in [0.3, 0.4) is 0 Å². The standard InChI is InChI=1S/C17H27N3O/c1-13-7-11-20(12-8-13)10-4-9-19-17(21)15-5-3-6-16(18)14(15)2/h3,5-6,13H,4,7-12,18H2,1-2H3,(H,19,21). The van der Waals surface area contributed by atoms with Gasteiger partial charge >= 0.3 is 0 Å². The number of piperidine rings is 1. The molecular formula is C17H27N3O. The zero-order valence-electron chi connectivity index (χ0n) is 13.2. The van der Waals surface area contributed by atoms with Gasteiger partial charge in [0.05, 0.1) is 0 Å². The van der Waals surface area contributed by atoms with Crippen LogP contribution in [0.5, 0.6) is 0 Å². The summed E-state index contributed by atoms with van der Waals surface area (Å²) >= 11 is 0. The minimum absolute atomic E-state index is 0.0212. The van der Waals surface area contributed by atoms with Gasteiger partial charge in [0.2, 0.25) is 0 Å². The number of hydrogen-bond acceptors (Lipinski definition) is 3. The van der Waals surface area contributed by atoms with E-state index < -0.39 is 0 Å². The molecule has 4 nitrogen and oxygen atoms in total. The van der Waals surface area contributed by atoms with Gasteiger partial charge in [-0.2, -0.15) is 0 Å². The summed E-state index contributed by atoms with van der Waals surface area (Å²) in [6.45, 7) is 8.40. The number of hydrogen-bond donors (Lipinski definition) is 2. The maximum atomic E-state index is 12.1. The molecule has 1 fully saturated rings. The largest absolute Gasteiger partial charge is 0.398 e. The summed E-state index contributed by atoms with van der Waals surface area (Å²) in [5, 5.41) is 2.99. The molecule has 0 unspecified atom stereocenters. The number of nitrogen functional groups attached to an aromatic ring is 1. The molecular weight excluding hydrogens is 262 g/mol. The summed E-state index contributed by atoms with van der Waals surface area (Å²) in [4.78, 5) is 14.6. The fourth-order valence-corrected chi connectivity index (χ4v) is 2.78. The van der Waals surface area contributed by atoms with Gasteiger partial charge in [-0.25, -0.2) is 0 Å². The SMILES string of the molecule is Cc1c(N)cccc1C(=O)NCCCN1CCC(C)CC1. The van der Waals surface area contributed by atoms with Gasteiger partial charge in [-0.3, -0.25) is 4.79 Å². The smallest absolute Gasteiger partial charge is 0.251 e. The number of anilines is 1. The van der Waals surface area contributed by atoms with Crippen molar-refractivity contribution in [3.63, 3.8) is 0 Å². The first-order valence-electron chi connectivity index (χ1n) is 7.93. The first kappa shape index (κ1) is 15.8. The van der Waals surface area contributed by atoms with E-state index in [0.29, 0.717) is 11.3 Å². The van der Waals surface area contributed by atoms with Gasteiger partial charge in [-0.05, 0) is 69.4 Å². The molecule has 4 heteroatoms. The van der Waals surface area contributed by atoms with Crippen LogP contribution in [0.25, 0.3) is 0 Å². The summed E-state index contributed by atoms with van der Waals surface area (Å²) in [6.07, 6.45) is 3.60. The molecule has 0 aromatic heterocycles. The zero-order valence-corrected chi connectivity index (χ0v) is 13.2. The number of amides is 1. The molecule has 1 saturated heterocycles. The summed E-state index contributed by atoms with van der Waals surface area (Å²) < 4.78 is 0. The summed E-state index contributed by atoms with van der Waals surface area (Å²) in [6, 6.07) is 5.47. The molecule has 1 heterocycles. The quantitative estimate of drug-likeness (QED) is 0.646. The number of nitrogens with zero attached hydrogens (tertiary/aromatic N) is 1. The van der Waals surface area contributed by atoms with Gasteiger partial charge in [0.1, 0.15) is 0 Å².